The summed E-state index contributed by atoms with van der Waals surface area (Å²) in [7, 11) is 0. The van der Waals surface area contributed by atoms with Crippen molar-refractivity contribution in [3.05, 3.63) is 41.0 Å². The molecule has 0 aliphatic rings. The summed E-state index contributed by atoms with van der Waals surface area (Å²) >= 11 is 5.86. The second-order valence-corrected chi connectivity index (χ2v) is 5.09. The molecule has 1 heterocycles. The molecule has 5 nitrogen and oxygen atoms in total. The van der Waals surface area contributed by atoms with Gasteiger partial charge >= 0.3 is 6.18 Å². The van der Waals surface area contributed by atoms with Gasteiger partial charge in [0.05, 0.1) is 0 Å². The van der Waals surface area contributed by atoms with Crippen LogP contribution in [-0.4, -0.2) is 23.1 Å². The molecular weight excluding hydrogens is 331 g/mol. The summed E-state index contributed by atoms with van der Waals surface area (Å²) in [4.78, 5) is 7.61. The fourth-order valence-corrected chi connectivity index (χ4v) is 1.98. The molecule has 0 atom stereocenters. The number of rotatable bonds is 6. The van der Waals surface area contributed by atoms with Gasteiger partial charge in [0.25, 0.3) is 0 Å². The lowest BCUT2D eigenvalue weighted by atomic mass is 10.3. The lowest BCUT2D eigenvalue weighted by Crippen LogP contribution is -2.16. The van der Waals surface area contributed by atoms with Gasteiger partial charge in [-0.1, -0.05) is 17.7 Å². The summed E-state index contributed by atoms with van der Waals surface area (Å²) in [5.74, 6) is -0.249. The van der Waals surface area contributed by atoms with Gasteiger partial charge in [-0.15, -0.1) is 0 Å². The molecule has 23 heavy (non-hydrogen) atoms. The lowest BCUT2D eigenvalue weighted by Gasteiger charge is -2.14. The molecule has 0 amide bonds. The van der Waals surface area contributed by atoms with E-state index in [9.17, 15) is 13.2 Å². The fraction of sp³-hybridized carbons (Fsp3) is 0.286. The van der Waals surface area contributed by atoms with E-state index in [2.05, 4.69) is 20.6 Å². The first-order chi connectivity index (χ1) is 10.9. The minimum atomic E-state index is -4.54. The minimum absolute atomic E-state index is 0.0375. The Kier molecular flexibility index (Phi) is 5.62. The number of hydrogen-bond acceptors (Lipinski definition) is 5. The van der Waals surface area contributed by atoms with Crippen LogP contribution in [-0.2, 0) is 6.18 Å². The number of nitrogens with zero attached hydrogens (tertiary/aromatic N) is 2. The van der Waals surface area contributed by atoms with Crippen LogP contribution in [0.15, 0.2) is 30.5 Å². The Morgan fingerprint density at radius 2 is 2.04 bits per heavy atom. The quantitative estimate of drug-likeness (QED) is 0.697. The predicted octanol–water partition coefficient (Wildman–Crippen LogP) is 3.65. The monoisotopic (exact) mass is 345 g/mol. The Hall–Kier alpha value is -2.06. The average molecular weight is 346 g/mol. The molecular formula is C14H15ClF3N5. The van der Waals surface area contributed by atoms with Gasteiger partial charge in [0.2, 0.25) is 5.95 Å². The Bertz CT molecular complexity index is 663. The van der Waals surface area contributed by atoms with Gasteiger partial charge in [0.15, 0.2) is 0 Å². The maximum absolute atomic E-state index is 13.0. The largest absolute Gasteiger partial charge is 0.421 e. The molecule has 0 fully saturated rings. The first-order valence-electron chi connectivity index (χ1n) is 6.81. The standard InChI is InChI=1S/C14H15ClF3N5/c15-9-3-1-4-10(7-9)22-13-21-8-11(14(16,17)18)12(23-13)20-6-2-5-19/h1,3-4,7-8H,2,5-6,19H2,(H2,20,21,22,23). The van der Waals surface area contributed by atoms with Crippen LogP contribution in [0.3, 0.4) is 0 Å². The molecule has 124 valence electrons. The van der Waals surface area contributed by atoms with Crippen LogP contribution in [0.5, 0.6) is 0 Å². The van der Waals surface area contributed by atoms with Crippen molar-refractivity contribution in [1.29, 1.82) is 0 Å². The Morgan fingerprint density at radius 1 is 1.26 bits per heavy atom. The summed E-state index contributed by atoms with van der Waals surface area (Å²) in [6.07, 6.45) is -3.28. The molecule has 0 aliphatic carbocycles. The normalized spacial score (nSPS) is 11.3. The van der Waals surface area contributed by atoms with Crippen LogP contribution < -0.4 is 16.4 Å². The number of anilines is 3. The Labute approximate surface area is 136 Å². The molecule has 1 aromatic carbocycles. The first-order valence-corrected chi connectivity index (χ1v) is 7.18. The maximum Gasteiger partial charge on any atom is 0.421 e. The van der Waals surface area contributed by atoms with Gasteiger partial charge in [-0.2, -0.15) is 18.2 Å². The van der Waals surface area contributed by atoms with E-state index in [0.29, 0.717) is 23.7 Å². The Morgan fingerprint density at radius 3 is 2.70 bits per heavy atom. The van der Waals surface area contributed by atoms with E-state index in [0.717, 1.165) is 6.20 Å². The number of benzene rings is 1. The highest BCUT2D eigenvalue weighted by molar-refractivity contribution is 6.30. The summed E-state index contributed by atoms with van der Waals surface area (Å²) < 4.78 is 39.0. The number of nitrogens with one attached hydrogen (secondary N) is 2. The highest BCUT2D eigenvalue weighted by atomic mass is 35.5. The SMILES string of the molecule is NCCCNc1nc(Nc2cccc(Cl)c2)ncc1C(F)(F)F. The summed E-state index contributed by atoms with van der Waals surface area (Å²) in [6.45, 7) is 0.653. The molecule has 1 aromatic heterocycles. The number of alkyl halides is 3. The smallest absolute Gasteiger partial charge is 0.369 e. The highest BCUT2D eigenvalue weighted by Gasteiger charge is 2.35. The predicted molar refractivity (Wildman–Crippen MR) is 83.9 cm³/mol. The van der Waals surface area contributed by atoms with Crippen LogP contribution in [0.2, 0.25) is 5.02 Å². The molecule has 0 radical (unpaired) electrons. The van der Waals surface area contributed by atoms with Crippen LogP contribution in [0.4, 0.5) is 30.6 Å². The molecule has 0 spiro atoms. The van der Waals surface area contributed by atoms with Gasteiger partial charge in [-0.3, -0.25) is 0 Å². The van der Waals surface area contributed by atoms with E-state index in [1.807, 2.05) is 0 Å². The van der Waals surface area contributed by atoms with Crippen LogP contribution >= 0.6 is 11.6 Å². The van der Waals surface area contributed by atoms with Crippen LogP contribution in [0, 0.1) is 0 Å². The molecule has 9 heteroatoms. The summed E-state index contributed by atoms with van der Waals surface area (Å²) in [5.41, 5.74) is 4.99. The van der Waals surface area contributed by atoms with Gasteiger partial charge in [-0.25, -0.2) is 4.98 Å². The van der Waals surface area contributed by atoms with Crippen molar-refractivity contribution in [2.45, 2.75) is 12.6 Å². The zero-order chi connectivity index (χ0) is 16.9. The van der Waals surface area contributed by atoms with Gasteiger partial charge in [0.1, 0.15) is 11.4 Å². The number of aromatic nitrogens is 2. The highest BCUT2D eigenvalue weighted by Crippen LogP contribution is 2.34. The van der Waals surface area contributed by atoms with Gasteiger partial charge < -0.3 is 16.4 Å². The zero-order valence-corrected chi connectivity index (χ0v) is 12.7. The number of halogens is 4. The zero-order valence-electron chi connectivity index (χ0n) is 12.0. The van der Waals surface area contributed by atoms with Crippen molar-refractivity contribution in [1.82, 2.24) is 9.97 Å². The molecule has 0 aliphatic heterocycles. The van der Waals surface area contributed by atoms with E-state index in [1.54, 1.807) is 24.3 Å². The van der Waals surface area contributed by atoms with Crippen molar-refractivity contribution < 1.29 is 13.2 Å². The molecule has 0 unspecified atom stereocenters. The van der Waals surface area contributed by atoms with Crippen LogP contribution in [0.1, 0.15) is 12.0 Å². The van der Waals surface area contributed by atoms with Gasteiger partial charge in [-0.05, 0) is 31.2 Å². The molecule has 2 rings (SSSR count). The van der Waals surface area contributed by atoms with Crippen LogP contribution in [0.25, 0.3) is 0 Å². The van der Waals surface area contributed by atoms with E-state index >= 15 is 0 Å². The molecule has 2 aromatic rings. The van der Waals surface area contributed by atoms with E-state index in [4.69, 9.17) is 17.3 Å². The minimum Gasteiger partial charge on any atom is -0.369 e. The third kappa shape index (κ3) is 4.97. The van der Waals surface area contributed by atoms with E-state index in [-0.39, 0.29) is 18.3 Å². The topological polar surface area (TPSA) is 75.9 Å². The van der Waals surface area contributed by atoms with E-state index in [1.165, 1.54) is 0 Å². The number of hydrogen-bond donors (Lipinski definition) is 3. The number of nitrogens with two attached hydrogens (primary N) is 1. The Balaban J connectivity index is 2.26. The molecule has 0 saturated carbocycles. The van der Waals surface area contributed by atoms with Crippen molar-refractivity contribution in [3.63, 3.8) is 0 Å². The second kappa shape index (κ2) is 7.47. The molecule has 0 bridgehead atoms. The third-order valence-electron chi connectivity index (χ3n) is 2.85. The summed E-state index contributed by atoms with van der Waals surface area (Å²) in [6, 6.07) is 6.70. The fourth-order valence-electron chi connectivity index (χ4n) is 1.79. The maximum atomic E-state index is 13.0. The average Bonchev–Trinajstić information content (AvgIpc) is 2.46. The second-order valence-electron chi connectivity index (χ2n) is 4.66. The van der Waals surface area contributed by atoms with E-state index < -0.39 is 11.7 Å². The van der Waals surface area contributed by atoms with Crippen molar-refractivity contribution in [2.75, 3.05) is 23.7 Å². The van der Waals surface area contributed by atoms with Crippen molar-refractivity contribution >= 4 is 29.1 Å². The van der Waals surface area contributed by atoms with Crippen molar-refractivity contribution in [3.8, 4) is 0 Å². The first kappa shape index (κ1) is 17.3. The van der Waals surface area contributed by atoms with Crippen molar-refractivity contribution in [2.24, 2.45) is 5.73 Å². The van der Waals surface area contributed by atoms with Gasteiger partial charge in [0, 0.05) is 23.5 Å². The summed E-state index contributed by atoms with van der Waals surface area (Å²) in [5, 5.41) is 5.95. The molecule has 0 saturated heterocycles. The molecule has 4 N–H and O–H groups in total. The third-order valence-corrected chi connectivity index (χ3v) is 3.08. The lowest BCUT2D eigenvalue weighted by molar-refractivity contribution is -0.137.